The zero-order valence-electron chi connectivity index (χ0n) is 14.4. The molecule has 0 aromatic heterocycles. The Labute approximate surface area is 152 Å². The van der Waals surface area contributed by atoms with Crippen LogP contribution in [-0.2, 0) is 30.8 Å². The molecule has 3 unspecified atom stereocenters. The topological polar surface area (TPSA) is 107 Å². The van der Waals surface area contributed by atoms with E-state index in [1.165, 1.54) is 23.5 Å². The molecule has 1 amide bonds. The Balaban J connectivity index is 1.39. The van der Waals surface area contributed by atoms with Crippen LogP contribution in [0.3, 0.4) is 0 Å². The molecule has 4 rings (SSSR count). The number of nitrogens with zero attached hydrogens (tertiary/aromatic N) is 1. The van der Waals surface area contributed by atoms with E-state index in [4.69, 9.17) is 9.88 Å². The Kier molecular flexibility index (Phi) is 4.27. The van der Waals surface area contributed by atoms with E-state index in [2.05, 4.69) is 0 Å². The third-order valence-electron chi connectivity index (χ3n) is 5.95. The highest BCUT2D eigenvalue weighted by molar-refractivity contribution is 7.89. The van der Waals surface area contributed by atoms with E-state index >= 15 is 0 Å². The van der Waals surface area contributed by atoms with Crippen LogP contribution in [0.5, 0.6) is 0 Å². The van der Waals surface area contributed by atoms with Gasteiger partial charge in [-0.05, 0) is 61.3 Å². The Morgan fingerprint density at radius 1 is 1.23 bits per heavy atom. The van der Waals surface area contributed by atoms with Crippen molar-refractivity contribution in [3.63, 3.8) is 0 Å². The third kappa shape index (κ3) is 3.12. The van der Waals surface area contributed by atoms with E-state index in [1.807, 2.05) is 0 Å². The third-order valence-corrected chi connectivity index (χ3v) is 6.87. The molecule has 26 heavy (non-hydrogen) atoms. The number of nitrogens with two attached hydrogens (primary N) is 1. The number of sulfonamides is 1. The highest BCUT2D eigenvalue weighted by Crippen LogP contribution is 2.48. The van der Waals surface area contributed by atoms with E-state index in [9.17, 15) is 18.0 Å². The average Bonchev–Trinajstić information content (AvgIpc) is 3.32. The van der Waals surface area contributed by atoms with E-state index < -0.39 is 10.0 Å². The van der Waals surface area contributed by atoms with Crippen LogP contribution in [0.15, 0.2) is 23.1 Å². The van der Waals surface area contributed by atoms with Crippen LogP contribution < -0.4 is 10.0 Å². The fraction of sp³-hybridized carbons (Fsp3) is 0.556. The zero-order valence-corrected chi connectivity index (χ0v) is 15.2. The van der Waals surface area contributed by atoms with Gasteiger partial charge < -0.3 is 9.64 Å². The molecule has 2 aliphatic carbocycles. The van der Waals surface area contributed by atoms with Gasteiger partial charge in [-0.1, -0.05) is 6.42 Å². The van der Waals surface area contributed by atoms with Gasteiger partial charge in [0.25, 0.3) is 5.91 Å². The minimum absolute atomic E-state index is 0.0354. The lowest BCUT2D eigenvalue weighted by molar-refractivity contribution is -0.153. The van der Waals surface area contributed by atoms with E-state index in [-0.39, 0.29) is 29.3 Å². The molecule has 1 aromatic rings. The first-order chi connectivity index (χ1) is 12.3. The molecule has 0 saturated heterocycles. The van der Waals surface area contributed by atoms with Crippen LogP contribution in [0.25, 0.3) is 0 Å². The fourth-order valence-corrected chi connectivity index (χ4v) is 5.23. The number of fused-ring (bicyclic) bond motifs is 3. The summed E-state index contributed by atoms with van der Waals surface area (Å²) in [4.78, 5) is 26.3. The van der Waals surface area contributed by atoms with Crippen molar-refractivity contribution in [2.24, 2.45) is 22.9 Å². The largest absolute Gasteiger partial charge is 0.455 e. The van der Waals surface area contributed by atoms with Gasteiger partial charge in [0.1, 0.15) is 0 Å². The molecule has 7 nitrogen and oxygen atoms in total. The van der Waals surface area contributed by atoms with Crippen LogP contribution in [0.4, 0.5) is 5.69 Å². The number of hydrogen-bond donors (Lipinski definition) is 1. The SMILES string of the molecule is NS(=O)(=O)c1ccc2c(c1)CCN2C(=O)COC(=O)C1CC2CCC1C2. The molecule has 0 spiro atoms. The molecule has 2 saturated carbocycles. The van der Waals surface area contributed by atoms with E-state index in [0.717, 1.165) is 24.8 Å². The summed E-state index contributed by atoms with van der Waals surface area (Å²) in [5, 5.41) is 5.15. The van der Waals surface area contributed by atoms with Crippen molar-refractivity contribution >= 4 is 27.6 Å². The highest BCUT2D eigenvalue weighted by atomic mass is 32.2. The molecule has 1 heterocycles. The summed E-state index contributed by atoms with van der Waals surface area (Å²) in [7, 11) is -3.77. The average molecular weight is 378 g/mol. The van der Waals surface area contributed by atoms with Gasteiger partial charge in [0.05, 0.1) is 10.8 Å². The zero-order chi connectivity index (χ0) is 18.5. The lowest BCUT2D eigenvalue weighted by Gasteiger charge is -2.21. The monoisotopic (exact) mass is 378 g/mol. The van der Waals surface area contributed by atoms with Gasteiger partial charge in [-0.2, -0.15) is 0 Å². The van der Waals surface area contributed by atoms with Crippen LogP contribution in [0.1, 0.15) is 31.2 Å². The normalized spacial score (nSPS) is 26.8. The number of primary sulfonamides is 1. The Morgan fingerprint density at radius 2 is 2.04 bits per heavy atom. The van der Waals surface area contributed by atoms with Gasteiger partial charge in [-0.15, -0.1) is 0 Å². The highest BCUT2D eigenvalue weighted by Gasteiger charge is 2.44. The first-order valence-corrected chi connectivity index (χ1v) is 10.5. The van der Waals surface area contributed by atoms with Crippen molar-refractivity contribution in [1.82, 2.24) is 0 Å². The number of carbonyl (C=O) groups is 2. The van der Waals surface area contributed by atoms with Crippen molar-refractivity contribution < 1.29 is 22.7 Å². The van der Waals surface area contributed by atoms with Gasteiger partial charge in [0, 0.05) is 12.2 Å². The number of amides is 1. The van der Waals surface area contributed by atoms with E-state index in [1.54, 1.807) is 6.07 Å². The van der Waals surface area contributed by atoms with Crippen LogP contribution in [0.2, 0.25) is 0 Å². The maximum atomic E-state index is 12.5. The van der Waals surface area contributed by atoms with Crippen molar-refractivity contribution in [3.8, 4) is 0 Å². The molecule has 1 aliphatic heterocycles. The second-order valence-electron chi connectivity index (χ2n) is 7.52. The molecule has 2 fully saturated rings. The number of anilines is 1. The lowest BCUT2D eigenvalue weighted by Crippen LogP contribution is -2.34. The molecule has 1 aromatic carbocycles. The van der Waals surface area contributed by atoms with Crippen molar-refractivity contribution in [2.75, 3.05) is 18.1 Å². The number of esters is 1. The molecule has 3 atom stereocenters. The molecule has 0 radical (unpaired) electrons. The summed E-state index contributed by atoms with van der Waals surface area (Å²) < 4.78 is 28.2. The van der Waals surface area contributed by atoms with Gasteiger partial charge in [0.15, 0.2) is 6.61 Å². The number of hydrogen-bond acceptors (Lipinski definition) is 5. The fourth-order valence-electron chi connectivity index (χ4n) is 4.67. The minimum Gasteiger partial charge on any atom is -0.455 e. The molecule has 3 aliphatic rings. The molecule has 2 N–H and O–H groups in total. The smallest absolute Gasteiger partial charge is 0.309 e. The summed E-state index contributed by atoms with van der Waals surface area (Å²) in [6, 6.07) is 4.47. The number of ether oxygens (including phenoxy) is 1. The molecular weight excluding hydrogens is 356 g/mol. The summed E-state index contributed by atoms with van der Waals surface area (Å²) in [6.45, 7) is 0.164. The Morgan fingerprint density at radius 3 is 2.69 bits per heavy atom. The Bertz CT molecular complexity index is 866. The van der Waals surface area contributed by atoms with Crippen LogP contribution >= 0.6 is 0 Å². The Hall–Kier alpha value is -1.93. The molecule has 8 heteroatoms. The standard InChI is InChI=1S/C18H22N2O5S/c19-26(23,24)14-3-4-16-13(9-14)5-6-20(16)17(21)10-25-18(22)15-8-11-1-2-12(15)7-11/h3-4,9,11-12,15H,1-2,5-8,10H2,(H2,19,23,24). The predicted octanol–water partition coefficient (Wildman–Crippen LogP) is 1.20. The van der Waals surface area contributed by atoms with Gasteiger partial charge >= 0.3 is 5.97 Å². The first-order valence-electron chi connectivity index (χ1n) is 8.95. The maximum absolute atomic E-state index is 12.5. The summed E-state index contributed by atoms with van der Waals surface area (Å²) in [5.41, 5.74) is 1.41. The summed E-state index contributed by atoms with van der Waals surface area (Å²) >= 11 is 0. The molecular formula is C18H22N2O5S. The number of carbonyl (C=O) groups excluding carboxylic acids is 2. The van der Waals surface area contributed by atoms with Crippen molar-refractivity contribution in [2.45, 2.75) is 37.0 Å². The summed E-state index contributed by atoms with van der Waals surface area (Å²) in [6.07, 6.45) is 4.84. The quantitative estimate of drug-likeness (QED) is 0.793. The summed E-state index contributed by atoms with van der Waals surface area (Å²) in [5.74, 6) is 0.473. The number of benzene rings is 1. The van der Waals surface area contributed by atoms with E-state index in [0.29, 0.717) is 30.5 Å². The second kappa shape index (κ2) is 6.35. The second-order valence-corrected chi connectivity index (χ2v) is 9.08. The van der Waals surface area contributed by atoms with Crippen LogP contribution in [0, 0.1) is 17.8 Å². The van der Waals surface area contributed by atoms with Crippen LogP contribution in [-0.4, -0.2) is 33.4 Å². The molecule has 2 bridgehead atoms. The van der Waals surface area contributed by atoms with Crippen molar-refractivity contribution in [3.05, 3.63) is 23.8 Å². The maximum Gasteiger partial charge on any atom is 0.309 e. The minimum atomic E-state index is -3.77. The lowest BCUT2D eigenvalue weighted by atomic mass is 9.89. The van der Waals surface area contributed by atoms with Crippen molar-refractivity contribution in [1.29, 1.82) is 0 Å². The number of rotatable bonds is 4. The predicted molar refractivity (Wildman–Crippen MR) is 93.8 cm³/mol. The first kappa shape index (κ1) is 17.5. The van der Waals surface area contributed by atoms with Gasteiger partial charge in [-0.3, -0.25) is 9.59 Å². The molecule has 140 valence electrons. The van der Waals surface area contributed by atoms with Gasteiger partial charge in [0.2, 0.25) is 10.0 Å². The van der Waals surface area contributed by atoms with Gasteiger partial charge in [-0.25, -0.2) is 13.6 Å².